The number of Topliss-reactive ketones (excluding diaryl/α,β-unsaturated/α-hetero) is 1. The molecule has 1 aliphatic heterocycles. The molecule has 1 aliphatic carbocycles. The van der Waals surface area contributed by atoms with Crippen molar-refractivity contribution in [3.8, 4) is 5.75 Å². The van der Waals surface area contributed by atoms with E-state index >= 15 is 0 Å². The van der Waals surface area contributed by atoms with Crippen molar-refractivity contribution in [1.82, 2.24) is 10.6 Å². The highest BCUT2D eigenvalue weighted by atomic mass is 16.5. The number of ketones is 1. The smallest absolute Gasteiger partial charge is 0.342 e. The first-order chi connectivity index (χ1) is 17.3. The lowest BCUT2D eigenvalue weighted by Crippen LogP contribution is -2.72. The highest BCUT2D eigenvalue weighted by molar-refractivity contribution is 5.95. The molecule has 11 nitrogen and oxygen atoms in total. The SMILES string of the molecule is CC(=O)c1cccc(N[C@H]2[C@@H]3NC(=O)N[C@]3([C@@H](C)O)[C@@](C)(O)[C@@]2(O)COC(=O)c2c(C)cccc2O)c1. The van der Waals surface area contributed by atoms with Crippen molar-refractivity contribution in [3.63, 3.8) is 0 Å². The molecule has 0 spiro atoms. The van der Waals surface area contributed by atoms with E-state index in [-0.39, 0.29) is 17.1 Å². The summed E-state index contributed by atoms with van der Waals surface area (Å²) in [6.07, 6.45) is -1.36. The van der Waals surface area contributed by atoms with E-state index in [4.69, 9.17) is 4.74 Å². The lowest BCUT2D eigenvalue weighted by atomic mass is 9.74. The number of aliphatic hydroxyl groups excluding tert-OH is 1. The normalized spacial score (nSPS) is 31.2. The second-order valence-electron chi connectivity index (χ2n) is 9.92. The highest BCUT2D eigenvalue weighted by Crippen LogP contribution is 2.51. The van der Waals surface area contributed by atoms with Gasteiger partial charge < -0.3 is 41.1 Å². The summed E-state index contributed by atoms with van der Waals surface area (Å²) in [5.41, 5.74) is -5.20. The van der Waals surface area contributed by atoms with Crippen LogP contribution in [0.4, 0.5) is 10.5 Å². The molecule has 6 atom stereocenters. The van der Waals surface area contributed by atoms with E-state index in [1.54, 1.807) is 43.3 Å². The van der Waals surface area contributed by atoms with Crippen molar-refractivity contribution in [2.75, 3.05) is 11.9 Å². The van der Waals surface area contributed by atoms with Crippen molar-refractivity contribution < 1.29 is 39.5 Å². The Hall–Kier alpha value is -3.67. The number of carbonyl (C=O) groups excluding carboxylic acids is 3. The Bertz CT molecular complexity index is 1240. The summed E-state index contributed by atoms with van der Waals surface area (Å²) in [4.78, 5) is 37.2. The third-order valence-corrected chi connectivity index (χ3v) is 7.72. The van der Waals surface area contributed by atoms with Crippen LogP contribution < -0.4 is 16.0 Å². The van der Waals surface area contributed by atoms with Gasteiger partial charge in [0.2, 0.25) is 0 Å². The van der Waals surface area contributed by atoms with Gasteiger partial charge in [-0.05, 0) is 51.5 Å². The second-order valence-corrected chi connectivity index (χ2v) is 9.92. The first-order valence-corrected chi connectivity index (χ1v) is 11.8. The number of aromatic hydroxyl groups is 1. The molecule has 1 saturated carbocycles. The van der Waals surface area contributed by atoms with E-state index < -0.39 is 53.5 Å². The van der Waals surface area contributed by atoms with Gasteiger partial charge in [0.15, 0.2) is 11.4 Å². The third-order valence-electron chi connectivity index (χ3n) is 7.72. The van der Waals surface area contributed by atoms with Crippen LogP contribution >= 0.6 is 0 Å². The molecule has 198 valence electrons. The summed E-state index contributed by atoms with van der Waals surface area (Å²) in [6.45, 7) is 4.85. The third kappa shape index (κ3) is 3.90. The molecule has 2 fully saturated rings. The van der Waals surface area contributed by atoms with Gasteiger partial charge in [-0.25, -0.2) is 9.59 Å². The molecule has 11 heteroatoms. The Labute approximate surface area is 213 Å². The number of aryl methyl sites for hydroxylation is 1. The number of anilines is 1. The van der Waals surface area contributed by atoms with E-state index in [1.165, 1.54) is 26.8 Å². The van der Waals surface area contributed by atoms with E-state index in [9.17, 15) is 34.8 Å². The Morgan fingerprint density at radius 3 is 2.49 bits per heavy atom. The molecule has 0 bridgehead atoms. The lowest BCUT2D eigenvalue weighted by Gasteiger charge is -2.46. The quantitative estimate of drug-likeness (QED) is 0.209. The number of rotatable bonds is 7. The van der Waals surface area contributed by atoms with E-state index in [2.05, 4.69) is 16.0 Å². The van der Waals surface area contributed by atoms with Gasteiger partial charge in [-0.1, -0.05) is 24.3 Å². The zero-order valence-corrected chi connectivity index (χ0v) is 20.9. The molecule has 1 heterocycles. The first kappa shape index (κ1) is 26.4. The molecule has 2 aliphatic rings. The van der Waals surface area contributed by atoms with Crippen molar-refractivity contribution in [2.45, 2.75) is 62.6 Å². The molecule has 4 rings (SSSR count). The van der Waals surface area contributed by atoms with Crippen molar-refractivity contribution >= 4 is 23.5 Å². The Kier molecular flexibility index (Phi) is 6.43. The van der Waals surface area contributed by atoms with Gasteiger partial charge >= 0.3 is 12.0 Å². The number of fused-ring (bicyclic) bond motifs is 1. The Morgan fingerprint density at radius 1 is 1.19 bits per heavy atom. The highest BCUT2D eigenvalue weighted by Gasteiger charge is 2.79. The molecule has 2 aromatic rings. The van der Waals surface area contributed by atoms with Gasteiger partial charge in [0.1, 0.15) is 29.1 Å². The molecule has 0 unspecified atom stereocenters. The summed E-state index contributed by atoms with van der Waals surface area (Å²) in [7, 11) is 0. The molecule has 0 radical (unpaired) electrons. The Morgan fingerprint density at radius 2 is 1.86 bits per heavy atom. The zero-order chi connectivity index (χ0) is 27.3. The number of hydrogen-bond acceptors (Lipinski definition) is 9. The van der Waals surface area contributed by atoms with E-state index in [0.717, 1.165) is 0 Å². The van der Waals surface area contributed by atoms with Crippen LogP contribution in [0.3, 0.4) is 0 Å². The summed E-state index contributed by atoms with van der Waals surface area (Å²) in [5.74, 6) is -1.44. The van der Waals surface area contributed by atoms with Crippen molar-refractivity contribution in [2.24, 2.45) is 0 Å². The van der Waals surface area contributed by atoms with Gasteiger partial charge in [-0.3, -0.25) is 4.79 Å². The summed E-state index contributed by atoms with van der Waals surface area (Å²) in [6, 6.07) is 7.95. The van der Waals surface area contributed by atoms with Crippen molar-refractivity contribution in [1.29, 1.82) is 0 Å². The average molecular weight is 514 g/mol. The molecular weight excluding hydrogens is 482 g/mol. The second kappa shape index (κ2) is 9.02. The number of phenols is 1. The maximum atomic E-state index is 12.9. The molecule has 2 aromatic carbocycles. The summed E-state index contributed by atoms with van der Waals surface area (Å²) < 4.78 is 5.43. The fourth-order valence-corrected chi connectivity index (χ4v) is 5.64. The van der Waals surface area contributed by atoms with Crippen LogP contribution in [0.2, 0.25) is 0 Å². The minimum absolute atomic E-state index is 0.0979. The van der Waals surface area contributed by atoms with Crippen LogP contribution in [0, 0.1) is 6.92 Å². The summed E-state index contributed by atoms with van der Waals surface area (Å²) in [5, 5.41) is 53.1. The standard InChI is InChI=1S/C26H31N3O8/c1-13-7-5-10-18(32)19(13)22(33)37-12-25(36)20(27-17-9-6-8-16(11-17)14(2)30)21-26(15(3)31,24(25,4)35)29-23(34)28-21/h5-11,15,20-21,27,31-32,35-36H,12H2,1-4H3,(H2,28,29,34)/t15-,20+,21+,24+,25-,26+/m1/s1. The largest absolute Gasteiger partial charge is 0.507 e. The average Bonchev–Trinajstić information content (AvgIpc) is 3.24. The van der Waals surface area contributed by atoms with Crippen LogP contribution in [-0.2, 0) is 4.74 Å². The zero-order valence-electron chi connectivity index (χ0n) is 20.9. The van der Waals surface area contributed by atoms with Crippen LogP contribution in [0.25, 0.3) is 0 Å². The van der Waals surface area contributed by atoms with Gasteiger partial charge in [0, 0.05) is 11.3 Å². The number of aliphatic hydroxyl groups is 3. The van der Waals surface area contributed by atoms with Gasteiger partial charge in [0.25, 0.3) is 0 Å². The van der Waals surface area contributed by atoms with Crippen LogP contribution in [-0.4, -0.2) is 79.7 Å². The fraction of sp³-hybridized carbons (Fsp3) is 0.423. The molecule has 2 amide bonds. The van der Waals surface area contributed by atoms with Crippen LogP contribution in [0.1, 0.15) is 47.1 Å². The molecule has 7 N–H and O–H groups in total. The van der Waals surface area contributed by atoms with Crippen LogP contribution in [0.5, 0.6) is 5.75 Å². The van der Waals surface area contributed by atoms with Gasteiger partial charge in [0.05, 0.1) is 18.2 Å². The number of esters is 1. The summed E-state index contributed by atoms with van der Waals surface area (Å²) >= 11 is 0. The first-order valence-electron chi connectivity index (χ1n) is 11.8. The Balaban J connectivity index is 1.76. The minimum atomic E-state index is -2.28. The van der Waals surface area contributed by atoms with Crippen molar-refractivity contribution in [3.05, 3.63) is 59.2 Å². The predicted molar refractivity (Wildman–Crippen MR) is 132 cm³/mol. The number of urea groups is 1. The maximum Gasteiger partial charge on any atom is 0.342 e. The predicted octanol–water partition coefficient (Wildman–Crippen LogP) is 0.837. The number of benzene rings is 2. The number of ether oxygens (including phenoxy) is 1. The fourth-order valence-electron chi connectivity index (χ4n) is 5.64. The number of nitrogens with one attached hydrogen (secondary N) is 3. The minimum Gasteiger partial charge on any atom is -0.507 e. The number of amides is 2. The lowest BCUT2D eigenvalue weighted by molar-refractivity contribution is -0.184. The van der Waals surface area contributed by atoms with E-state index in [1.807, 2.05) is 0 Å². The number of phenolic OH excluding ortho intramolecular Hbond substituents is 1. The van der Waals surface area contributed by atoms with Crippen LogP contribution in [0.15, 0.2) is 42.5 Å². The molecule has 0 aromatic heterocycles. The molecular formula is C26H31N3O8. The van der Waals surface area contributed by atoms with Gasteiger partial charge in [-0.2, -0.15) is 0 Å². The van der Waals surface area contributed by atoms with Gasteiger partial charge in [-0.15, -0.1) is 0 Å². The topological polar surface area (TPSA) is 177 Å². The maximum absolute atomic E-state index is 12.9. The number of carbonyl (C=O) groups is 3. The number of hydrogen-bond donors (Lipinski definition) is 7. The molecule has 37 heavy (non-hydrogen) atoms. The monoisotopic (exact) mass is 513 g/mol. The molecule has 1 saturated heterocycles. The van der Waals surface area contributed by atoms with E-state index in [0.29, 0.717) is 16.8 Å².